The molecule has 0 aliphatic heterocycles. The molecule has 2 nitrogen and oxygen atoms in total. The summed E-state index contributed by atoms with van der Waals surface area (Å²) in [7, 11) is 0. The molecule has 1 aliphatic rings. The van der Waals surface area contributed by atoms with Crippen LogP contribution in [0.1, 0.15) is 53.4 Å². The molecule has 1 saturated carbocycles. The molecular weight excluding hydrogens is 186 g/mol. The molecule has 0 heterocycles. The Kier molecular flexibility index (Phi) is 4.60. The standard InChI is InChI=1S/C13H27NO/c1-5-14-11(4)13(15)8-6-12(7-9-13)10(2)3/h10-12,14-15H,5-9H2,1-4H3. The Morgan fingerprint density at radius 3 is 2.20 bits per heavy atom. The van der Waals surface area contributed by atoms with Gasteiger partial charge in [-0.1, -0.05) is 20.8 Å². The van der Waals surface area contributed by atoms with Crippen molar-refractivity contribution in [2.75, 3.05) is 6.54 Å². The van der Waals surface area contributed by atoms with Gasteiger partial charge in [0.1, 0.15) is 0 Å². The molecule has 0 aromatic carbocycles. The van der Waals surface area contributed by atoms with Crippen LogP contribution in [0.4, 0.5) is 0 Å². The van der Waals surface area contributed by atoms with E-state index in [0.717, 1.165) is 31.2 Å². The summed E-state index contributed by atoms with van der Waals surface area (Å²) < 4.78 is 0. The number of nitrogens with one attached hydrogen (secondary N) is 1. The van der Waals surface area contributed by atoms with Crippen LogP contribution < -0.4 is 5.32 Å². The second-order valence-corrected chi connectivity index (χ2v) is 5.46. The molecule has 1 atom stereocenters. The van der Waals surface area contributed by atoms with E-state index in [9.17, 15) is 5.11 Å². The van der Waals surface area contributed by atoms with Gasteiger partial charge in [0.15, 0.2) is 0 Å². The highest BCUT2D eigenvalue weighted by molar-refractivity contribution is 4.93. The number of hydrogen-bond acceptors (Lipinski definition) is 2. The van der Waals surface area contributed by atoms with Crippen molar-refractivity contribution < 1.29 is 5.11 Å². The van der Waals surface area contributed by atoms with Crippen molar-refractivity contribution in [1.82, 2.24) is 5.32 Å². The Morgan fingerprint density at radius 1 is 1.27 bits per heavy atom. The molecule has 0 bridgehead atoms. The smallest absolute Gasteiger partial charge is 0.0797 e. The van der Waals surface area contributed by atoms with E-state index in [0.29, 0.717) is 0 Å². The highest BCUT2D eigenvalue weighted by Crippen LogP contribution is 2.37. The van der Waals surface area contributed by atoms with Gasteiger partial charge >= 0.3 is 0 Å². The van der Waals surface area contributed by atoms with Crippen LogP contribution in [-0.4, -0.2) is 23.3 Å². The van der Waals surface area contributed by atoms with Gasteiger partial charge in [-0.3, -0.25) is 0 Å². The third kappa shape index (κ3) is 3.18. The van der Waals surface area contributed by atoms with Crippen LogP contribution in [0, 0.1) is 11.8 Å². The zero-order valence-corrected chi connectivity index (χ0v) is 10.7. The Bertz CT molecular complexity index is 183. The second kappa shape index (κ2) is 5.31. The van der Waals surface area contributed by atoms with Crippen LogP contribution in [0.15, 0.2) is 0 Å². The Labute approximate surface area is 94.5 Å². The molecule has 1 aliphatic carbocycles. The first-order valence-electron chi connectivity index (χ1n) is 6.45. The van der Waals surface area contributed by atoms with Gasteiger partial charge in [-0.15, -0.1) is 0 Å². The summed E-state index contributed by atoms with van der Waals surface area (Å²) in [5.41, 5.74) is -0.457. The van der Waals surface area contributed by atoms with Crippen LogP contribution in [0.3, 0.4) is 0 Å². The zero-order valence-electron chi connectivity index (χ0n) is 10.7. The van der Waals surface area contributed by atoms with Gasteiger partial charge in [0, 0.05) is 6.04 Å². The summed E-state index contributed by atoms with van der Waals surface area (Å²) >= 11 is 0. The Morgan fingerprint density at radius 2 is 1.80 bits per heavy atom. The first-order chi connectivity index (χ1) is 6.99. The van der Waals surface area contributed by atoms with Gasteiger partial charge in [-0.05, 0) is 51.0 Å². The van der Waals surface area contributed by atoms with Crippen molar-refractivity contribution >= 4 is 0 Å². The van der Waals surface area contributed by atoms with Gasteiger partial charge < -0.3 is 10.4 Å². The van der Waals surface area contributed by atoms with Gasteiger partial charge in [-0.25, -0.2) is 0 Å². The predicted molar refractivity (Wildman–Crippen MR) is 64.9 cm³/mol. The molecule has 0 aromatic rings. The van der Waals surface area contributed by atoms with Gasteiger partial charge in [-0.2, -0.15) is 0 Å². The van der Waals surface area contributed by atoms with E-state index in [1.807, 2.05) is 0 Å². The topological polar surface area (TPSA) is 32.3 Å². The minimum absolute atomic E-state index is 0.232. The Balaban J connectivity index is 2.46. The quantitative estimate of drug-likeness (QED) is 0.752. The van der Waals surface area contributed by atoms with E-state index in [-0.39, 0.29) is 6.04 Å². The molecule has 0 radical (unpaired) electrons. The molecule has 0 saturated heterocycles. The normalized spacial score (nSPS) is 34.4. The molecule has 0 aromatic heterocycles. The first-order valence-corrected chi connectivity index (χ1v) is 6.45. The highest BCUT2D eigenvalue weighted by atomic mass is 16.3. The summed E-state index contributed by atoms with van der Waals surface area (Å²) in [6.07, 6.45) is 4.29. The van der Waals surface area contributed by atoms with Crippen molar-refractivity contribution in [3.8, 4) is 0 Å². The number of likely N-dealkylation sites (N-methyl/N-ethyl adjacent to an activating group) is 1. The van der Waals surface area contributed by atoms with Crippen LogP contribution >= 0.6 is 0 Å². The maximum absolute atomic E-state index is 10.5. The minimum atomic E-state index is -0.457. The second-order valence-electron chi connectivity index (χ2n) is 5.46. The molecule has 1 fully saturated rings. The third-order valence-electron chi connectivity index (χ3n) is 4.16. The molecule has 2 N–H and O–H groups in total. The lowest BCUT2D eigenvalue weighted by molar-refractivity contribution is -0.0406. The molecule has 15 heavy (non-hydrogen) atoms. The monoisotopic (exact) mass is 213 g/mol. The van der Waals surface area contributed by atoms with Crippen molar-refractivity contribution in [2.45, 2.75) is 65.0 Å². The number of hydrogen-bond donors (Lipinski definition) is 2. The SMILES string of the molecule is CCNC(C)C1(O)CCC(C(C)C)CC1. The summed E-state index contributed by atoms with van der Waals surface area (Å²) in [6, 6.07) is 0.232. The van der Waals surface area contributed by atoms with Gasteiger partial charge in [0.2, 0.25) is 0 Å². The first kappa shape index (κ1) is 13.0. The summed E-state index contributed by atoms with van der Waals surface area (Å²) in [5, 5.41) is 13.9. The number of aliphatic hydroxyl groups is 1. The van der Waals surface area contributed by atoms with E-state index in [1.54, 1.807) is 0 Å². The molecule has 1 unspecified atom stereocenters. The van der Waals surface area contributed by atoms with Crippen LogP contribution in [0.2, 0.25) is 0 Å². The summed E-state index contributed by atoms with van der Waals surface area (Å²) in [5.74, 6) is 1.59. The Hall–Kier alpha value is -0.0800. The van der Waals surface area contributed by atoms with E-state index in [1.165, 1.54) is 12.8 Å². The van der Waals surface area contributed by atoms with Crippen molar-refractivity contribution in [3.63, 3.8) is 0 Å². The highest BCUT2D eigenvalue weighted by Gasteiger charge is 2.38. The fraction of sp³-hybridized carbons (Fsp3) is 1.00. The fourth-order valence-corrected chi connectivity index (χ4v) is 2.74. The average molecular weight is 213 g/mol. The van der Waals surface area contributed by atoms with Crippen LogP contribution in [0.5, 0.6) is 0 Å². The predicted octanol–water partition coefficient (Wildman–Crippen LogP) is 2.56. The molecule has 90 valence electrons. The van der Waals surface area contributed by atoms with Crippen LogP contribution in [0.25, 0.3) is 0 Å². The lowest BCUT2D eigenvalue weighted by Crippen LogP contribution is -2.51. The number of rotatable bonds is 4. The average Bonchev–Trinajstić information content (AvgIpc) is 2.18. The minimum Gasteiger partial charge on any atom is -0.388 e. The van der Waals surface area contributed by atoms with E-state index in [2.05, 4.69) is 33.0 Å². The summed E-state index contributed by atoms with van der Waals surface area (Å²) in [6.45, 7) is 9.74. The zero-order chi connectivity index (χ0) is 11.5. The fourth-order valence-electron chi connectivity index (χ4n) is 2.74. The maximum Gasteiger partial charge on any atom is 0.0797 e. The van der Waals surface area contributed by atoms with Gasteiger partial charge in [0.25, 0.3) is 0 Å². The van der Waals surface area contributed by atoms with Crippen LogP contribution in [-0.2, 0) is 0 Å². The van der Waals surface area contributed by atoms with E-state index < -0.39 is 5.60 Å². The third-order valence-corrected chi connectivity index (χ3v) is 4.16. The molecule has 1 rings (SSSR count). The summed E-state index contributed by atoms with van der Waals surface area (Å²) in [4.78, 5) is 0. The van der Waals surface area contributed by atoms with Gasteiger partial charge in [0.05, 0.1) is 5.60 Å². The molecular formula is C13H27NO. The van der Waals surface area contributed by atoms with E-state index >= 15 is 0 Å². The lowest BCUT2D eigenvalue weighted by Gasteiger charge is -2.41. The van der Waals surface area contributed by atoms with Crippen molar-refractivity contribution in [2.24, 2.45) is 11.8 Å². The maximum atomic E-state index is 10.5. The lowest BCUT2D eigenvalue weighted by atomic mass is 9.72. The largest absolute Gasteiger partial charge is 0.388 e. The molecule has 2 heteroatoms. The van der Waals surface area contributed by atoms with E-state index in [4.69, 9.17) is 0 Å². The molecule has 0 spiro atoms. The van der Waals surface area contributed by atoms with Crippen molar-refractivity contribution in [3.05, 3.63) is 0 Å². The molecule has 0 amide bonds. The van der Waals surface area contributed by atoms with Crippen molar-refractivity contribution in [1.29, 1.82) is 0 Å².